The third-order valence-corrected chi connectivity index (χ3v) is 5.64. The topological polar surface area (TPSA) is 80.1 Å². The van der Waals surface area contributed by atoms with Crippen LogP contribution in [0.25, 0.3) is 0 Å². The molecular weight excluding hydrogens is 354 g/mol. The summed E-state index contributed by atoms with van der Waals surface area (Å²) in [6.45, 7) is 3.42. The van der Waals surface area contributed by atoms with E-state index in [0.717, 1.165) is 56.2 Å². The van der Waals surface area contributed by atoms with Gasteiger partial charge in [0.1, 0.15) is 0 Å². The van der Waals surface area contributed by atoms with Gasteiger partial charge in [0, 0.05) is 30.7 Å². The molecule has 1 unspecified atom stereocenters. The van der Waals surface area contributed by atoms with Crippen molar-refractivity contribution < 1.29 is 9.59 Å². The van der Waals surface area contributed by atoms with E-state index in [1.165, 1.54) is 0 Å². The van der Waals surface area contributed by atoms with E-state index in [-0.39, 0.29) is 17.9 Å². The van der Waals surface area contributed by atoms with Crippen LogP contribution in [0, 0.1) is 6.92 Å². The maximum Gasteiger partial charge on any atom is 0.273 e. The van der Waals surface area contributed by atoms with Crippen molar-refractivity contribution in [3.05, 3.63) is 47.3 Å². The lowest BCUT2D eigenvalue weighted by molar-refractivity contribution is 0.0593. The summed E-state index contributed by atoms with van der Waals surface area (Å²) in [6.07, 6.45) is 7.79. The molecule has 0 radical (unpaired) electrons. The number of rotatable bonds is 6. The molecule has 1 aromatic carbocycles. The standard InChI is InChI=1S/C21H27N5O2/c1-15-6-2-3-8-18(15)21(28)26-12-5-4-7-17(26)11-13-25-14-19(23-24-25)20(27)22-16-9-10-16/h2-3,6,8,14,16-17H,4-5,7,9-13H2,1H3,(H,22,27). The van der Waals surface area contributed by atoms with Gasteiger partial charge in [0.2, 0.25) is 0 Å². The third-order valence-electron chi connectivity index (χ3n) is 5.64. The summed E-state index contributed by atoms with van der Waals surface area (Å²) in [7, 11) is 0. The molecule has 1 N–H and O–H groups in total. The summed E-state index contributed by atoms with van der Waals surface area (Å²) < 4.78 is 1.72. The Hall–Kier alpha value is -2.70. The van der Waals surface area contributed by atoms with Crippen LogP contribution in [-0.2, 0) is 6.54 Å². The van der Waals surface area contributed by atoms with E-state index in [2.05, 4.69) is 15.6 Å². The molecular formula is C21H27N5O2. The largest absolute Gasteiger partial charge is 0.348 e. The fourth-order valence-electron chi connectivity index (χ4n) is 3.82. The summed E-state index contributed by atoms with van der Waals surface area (Å²) in [4.78, 5) is 27.2. The van der Waals surface area contributed by atoms with E-state index >= 15 is 0 Å². The molecule has 2 amide bonds. The van der Waals surface area contributed by atoms with Crippen LogP contribution in [0.1, 0.15) is 64.9 Å². The van der Waals surface area contributed by atoms with E-state index < -0.39 is 0 Å². The Morgan fingerprint density at radius 1 is 1.18 bits per heavy atom. The zero-order valence-corrected chi connectivity index (χ0v) is 16.3. The minimum atomic E-state index is -0.150. The van der Waals surface area contributed by atoms with Gasteiger partial charge >= 0.3 is 0 Å². The van der Waals surface area contributed by atoms with E-state index in [4.69, 9.17) is 0 Å². The minimum absolute atomic E-state index is 0.117. The fraction of sp³-hybridized carbons (Fsp3) is 0.524. The lowest BCUT2D eigenvalue weighted by atomic mass is 9.97. The highest BCUT2D eigenvalue weighted by Crippen LogP contribution is 2.24. The summed E-state index contributed by atoms with van der Waals surface area (Å²) in [5.74, 6) is -0.0336. The number of hydrogen-bond donors (Lipinski definition) is 1. The number of carbonyl (C=O) groups excluding carboxylic acids is 2. The van der Waals surface area contributed by atoms with Gasteiger partial charge in [-0.2, -0.15) is 0 Å². The second-order valence-corrected chi connectivity index (χ2v) is 7.87. The molecule has 2 aliphatic rings. The number of carbonyl (C=O) groups is 2. The highest BCUT2D eigenvalue weighted by molar-refractivity contribution is 5.96. The van der Waals surface area contributed by atoms with Crippen molar-refractivity contribution in [2.45, 2.75) is 64.1 Å². The molecule has 1 aromatic heterocycles. The number of nitrogens with one attached hydrogen (secondary N) is 1. The van der Waals surface area contributed by atoms with Crippen molar-refractivity contribution in [3.63, 3.8) is 0 Å². The highest BCUT2D eigenvalue weighted by Gasteiger charge is 2.28. The first-order valence-corrected chi connectivity index (χ1v) is 10.2. The van der Waals surface area contributed by atoms with Gasteiger partial charge in [-0.15, -0.1) is 5.10 Å². The Kier molecular flexibility index (Phi) is 5.41. The van der Waals surface area contributed by atoms with Gasteiger partial charge < -0.3 is 10.2 Å². The van der Waals surface area contributed by atoms with E-state index in [1.54, 1.807) is 10.9 Å². The van der Waals surface area contributed by atoms with Gasteiger partial charge in [0.25, 0.3) is 11.8 Å². The summed E-state index contributed by atoms with van der Waals surface area (Å²) in [6, 6.07) is 8.26. The maximum absolute atomic E-state index is 13.1. The first kappa shape index (κ1) is 18.7. The number of amides is 2. The SMILES string of the molecule is Cc1ccccc1C(=O)N1CCCCC1CCn1cc(C(=O)NC2CC2)nn1. The van der Waals surface area contributed by atoms with Crippen molar-refractivity contribution in [1.29, 1.82) is 0 Å². The van der Waals surface area contributed by atoms with Crippen LogP contribution in [0.15, 0.2) is 30.5 Å². The molecule has 0 spiro atoms. The number of likely N-dealkylation sites (tertiary alicyclic amines) is 1. The van der Waals surface area contributed by atoms with E-state index in [9.17, 15) is 9.59 Å². The average molecular weight is 381 g/mol. The lowest BCUT2D eigenvalue weighted by Crippen LogP contribution is -2.44. The quantitative estimate of drug-likeness (QED) is 0.834. The fourth-order valence-corrected chi connectivity index (χ4v) is 3.82. The molecule has 148 valence electrons. The first-order valence-electron chi connectivity index (χ1n) is 10.2. The third kappa shape index (κ3) is 4.24. The molecule has 1 saturated heterocycles. The molecule has 1 aliphatic carbocycles. The molecule has 4 rings (SSSR count). The first-order chi connectivity index (χ1) is 13.6. The number of nitrogens with zero attached hydrogens (tertiary/aromatic N) is 4. The monoisotopic (exact) mass is 381 g/mol. The van der Waals surface area contributed by atoms with Crippen LogP contribution in [0.5, 0.6) is 0 Å². The van der Waals surface area contributed by atoms with Gasteiger partial charge in [0.05, 0.1) is 6.20 Å². The van der Waals surface area contributed by atoms with Crippen LogP contribution < -0.4 is 5.32 Å². The predicted molar refractivity (Wildman–Crippen MR) is 105 cm³/mol. The maximum atomic E-state index is 13.1. The van der Waals surface area contributed by atoms with Crippen LogP contribution in [-0.4, -0.2) is 50.3 Å². The number of piperidine rings is 1. The number of aromatic nitrogens is 3. The van der Waals surface area contributed by atoms with Crippen LogP contribution in [0.3, 0.4) is 0 Å². The van der Waals surface area contributed by atoms with Crippen molar-refractivity contribution in [1.82, 2.24) is 25.2 Å². The smallest absolute Gasteiger partial charge is 0.273 e. The Balaban J connectivity index is 1.38. The second-order valence-electron chi connectivity index (χ2n) is 7.87. The molecule has 7 heteroatoms. The van der Waals surface area contributed by atoms with Crippen molar-refractivity contribution in [3.8, 4) is 0 Å². The van der Waals surface area contributed by atoms with Gasteiger partial charge in [-0.3, -0.25) is 14.3 Å². The molecule has 2 heterocycles. The predicted octanol–water partition coefficient (Wildman–Crippen LogP) is 2.56. The molecule has 28 heavy (non-hydrogen) atoms. The number of aryl methyl sites for hydroxylation is 2. The molecule has 1 aliphatic heterocycles. The van der Waals surface area contributed by atoms with E-state index in [1.807, 2.05) is 36.1 Å². The summed E-state index contributed by atoms with van der Waals surface area (Å²) in [5.41, 5.74) is 2.16. The molecule has 2 aromatic rings. The molecule has 7 nitrogen and oxygen atoms in total. The molecule has 1 saturated carbocycles. The van der Waals surface area contributed by atoms with Gasteiger partial charge in [-0.25, -0.2) is 0 Å². The number of benzene rings is 1. The zero-order chi connectivity index (χ0) is 19.5. The normalized spacial score (nSPS) is 19.5. The Bertz CT molecular complexity index is 858. The highest BCUT2D eigenvalue weighted by atomic mass is 16.2. The van der Waals surface area contributed by atoms with Gasteiger partial charge in [0.15, 0.2) is 5.69 Å². The molecule has 0 bridgehead atoms. The van der Waals surface area contributed by atoms with Crippen LogP contribution >= 0.6 is 0 Å². The lowest BCUT2D eigenvalue weighted by Gasteiger charge is -2.36. The summed E-state index contributed by atoms with van der Waals surface area (Å²) in [5, 5.41) is 11.0. The zero-order valence-electron chi connectivity index (χ0n) is 16.3. The van der Waals surface area contributed by atoms with Crippen molar-refractivity contribution in [2.75, 3.05) is 6.54 Å². The Morgan fingerprint density at radius 3 is 2.79 bits per heavy atom. The van der Waals surface area contributed by atoms with Crippen molar-refractivity contribution >= 4 is 11.8 Å². The second kappa shape index (κ2) is 8.12. The van der Waals surface area contributed by atoms with Crippen molar-refractivity contribution in [2.24, 2.45) is 0 Å². The molecule has 2 fully saturated rings. The minimum Gasteiger partial charge on any atom is -0.348 e. The number of hydrogen-bond acceptors (Lipinski definition) is 4. The summed E-state index contributed by atoms with van der Waals surface area (Å²) >= 11 is 0. The van der Waals surface area contributed by atoms with Crippen LogP contribution in [0.4, 0.5) is 0 Å². The van der Waals surface area contributed by atoms with Gasteiger partial charge in [-0.1, -0.05) is 23.4 Å². The van der Waals surface area contributed by atoms with Crippen LogP contribution in [0.2, 0.25) is 0 Å². The Labute approximate surface area is 165 Å². The molecule has 1 atom stereocenters. The van der Waals surface area contributed by atoms with E-state index in [0.29, 0.717) is 18.3 Å². The Morgan fingerprint density at radius 2 is 2.00 bits per heavy atom. The van der Waals surface area contributed by atoms with Gasteiger partial charge in [-0.05, 0) is 57.1 Å². The average Bonchev–Trinajstić information content (AvgIpc) is 3.39.